The predicted octanol–water partition coefficient (Wildman–Crippen LogP) is 1.21. The molecule has 1 aromatic heterocycles. The number of likely N-dealkylation sites (N-methyl/N-ethyl adjacent to an activating group) is 2. The molecule has 0 aliphatic carbocycles. The Morgan fingerprint density at radius 2 is 1.77 bits per heavy atom. The van der Waals surface area contributed by atoms with E-state index in [1.54, 1.807) is 52.3 Å². The second-order valence-corrected chi connectivity index (χ2v) is 5.17. The minimum atomic E-state index is -0.219. The van der Waals surface area contributed by atoms with Crippen molar-refractivity contribution in [2.75, 3.05) is 27.7 Å². The number of nitrogens with zero attached hydrogens (tertiary/aromatic N) is 4. The van der Waals surface area contributed by atoms with Gasteiger partial charge in [-0.3, -0.25) is 9.59 Å². The first-order valence-corrected chi connectivity index (χ1v) is 6.75. The topological polar surface area (TPSA) is 79.5 Å². The standard InChI is InChI=1S/C15H18N4O3/c1-10-16-14(22-17-10)11-5-7-12(8-6-11)15(21)19(4)9-13(20)18(2)3/h5-8H,9H2,1-4H3. The number of rotatable bonds is 4. The van der Waals surface area contributed by atoms with Gasteiger partial charge in [-0.05, 0) is 31.2 Å². The average Bonchev–Trinajstić information content (AvgIpc) is 2.93. The molecule has 0 unspecified atom stereocenters. The van der Waals surface area contributed by atoms with Crippen LogP contribution in [0.5, 0.6) is 0 Å². The van der Waals surface area contributed by atoms with Crippen LogP contribution in [0.3, 0.4) is 0 Å². The summed E-state index contributed by atoms with van der Waals surface area (Å²) in [7, 11) is 4.91. The van der Waals surface area contributed by atoms with Crippen molar-refractivity contribution in [1.29, 1.82) is 0 Å². The highest BCUT2D eigenvalue weighted by atomic mass is 16.5. The maximum atomic E-state index is 12.3. The first-order chi connectivity index (χ1) is 10.4. The Labute approximate surface area is 128 Å². The summed E-state index contributed by atoms with van der Waals surface area (Å²) < 4.78 is 5.07. The van der Waals surface area contributed by atoms with Gasteiger partial charge in [0, 0.05) is 32.3 Å². The smallest absolute Gasteiger partial charge is 0.257 e. The molecule has 0 spiro atoms. The third-order valence-electron chi connectivity index (χ3n) is 3.12. The van der Waals surface area contributed by atoms with Crippen molar-refractivity contribution >= 4 is 11.8 Å². The van der Waals surface area contributed by atoms with Crippen molar-refractivity contribution in [2.45, 2.75) is 6.92 Å². The number of hydrogen-bond acceptors (Lipinski definition) is 5. The summed E-state index contributed by atoms with van der Waals surface area (Å²) in [6.07, 6.45) is 0. The van der Waals surface area contributed by atoms with Crippen molar-refractivity contribution in [1.82, 2.24) is 19.9 Å². The second-order valence-electron chi connectivity index (χ2n) is 5.17. The number of aromatic nitrogens is 2. The molecule has 22 heavy (non-hydrogen) atoms. The fourth-order valence-corrected chi connectivity index (χ4v) is 1.81. The van der Waals surface area contributed by atoms with Crippen molar-refractivity contribution < 1.29 is 14.1 Å². The molecule has 2 rings (SSSR count). The summed E-state index contributed by atoms with van der Waals surface area (Å²) in [6, 6.07) is 6.82. The molecule has 1 aromatic carbocycles. The number of hydrogen-bond donors (Lipinski definition) is 0. The summed E-state index contributed by atoms with van der Waals surface area (Å²) in [5.41, 5.74) is 1.23. The van der Waals surface area contributed by atoms with Crippen molar-refractivity contribution in [3.05, 3.63) is 35.7 Å². The lowest BCUT2D eigenvalue weighted by molar-refractivity contribution is -0.129. The van der Waals surface area contributed by atoms with Crippen LogP contribution in [0.25, 0.3) is 11.5 Å². The Balaban J connectivity index is 2.09. The Bertz CT molecular complexity index is 676. The molecule has 2 aromatic rings. The van der Waals surface area contributed by atoms with Gasteiger partial charge in [0.15, 0.2) is 5.82 Å². The number of benzene rings is 1. The maximum Gasteiger partial charge on any atom is 0.257 e. The summed E-state index contributed by atoms with van der Waals surface area (Å²) in [6.45, 7) is 1.78. The first kappa shape index (κ1) is 15.7. The lowest BCUT2D eigenvalue weighted by Gasteiger charge is -2.19. The molecule has 0 saturated heterocycles. The molecule has 0 radical (unpaired) electrons. The zero-order valence-corrected chi connectivity index (χ0v) is 13.0. The van der Waals surface area contributed by atoms with E-state index >= 15 is 0 Å². The first-order valence-electron chi connectivity index (χ1n) is 6.75. The van der Waals surface area contributed by atoms with Crippen molar-refractivity contribution in [2.24, 2.45) is 0 Å². The lowest BCUT2D eigenvalue weighted by atomic mass is 10.1. The summed E-state index contributed by atoms with van der Waals surface area (Å²) in [5, 5.41) is 3.72. The second kappa shape index (κ2) is 6.38. The number of aryl methyl sites for hydroxylation is 1. The van der Waals surface area contributed by atoms with Crippen LogP contribution in [-0.2, 0) is 4.79 Å². The van der Waals surface area contributed by atoms with Crippen LogP contribution in [0.4, 0.5) is 0 Å². The van der Waals surface area contributed by atoms with Gasteiger partial charge in [0.2, 0.25) is 5.91 Å². The fourth-order valence-electron chi connectivity index (χ4n) is 1.81. The summed E-state index contributed by atoms with van der Waals surface area (Å²) >= 11 is 0. The van der Waals surface area contributed by atoms with Gasteiger partial charge in [0.1, 0.15) is 0 Å². The molecule has 0 N–H and O–H groups in total. The van der Waals surface area contributed by atoms with Gasteiger partial charge in [0.05, 0.1) is 6.54 Å². The molecule has 0 fully saturated rings. The summed E-state index contributed by atoms with van der Waals surface area (Å²) in [5.74, 6) is 0.613. The molecule has 0 aliphatic rings. The van der Waals surface area contributed by atoms with Crippen LogP contribution in [0.15, 0.2) is 28.8 Å². The largest absolute Gasteiger partial charge is 0.347 e. The minimum Gasteiger partial charge on any atom is -0.347 e. The molecule has 0 atom stereocenters. The normalized spacial score (nSPS) is 10.4. The SMILES string of the molecule is Cc1noc(-c2ccc(C(=O)N(C)CC(=O)N(C)C)cc2)n1. The van der Waals surface area contributed by atoms with Crippen LogP contribution < -0.4 is 0 Å². The van der Waals surface area contributed by atoms with E-state index < -0.39 is 0 Å². The molecule has 1 heterocycles. The molecule has 7 nitrogen and oxygen atoms in total. The van der Waals surface area contributed by atoms with E-state index in [2.05, 4.69) is 10.1 Å². The van der Waals surface area contributed by atoms with Crippen LogP contribution in [0.1, 0.15) is 16.2 Å². The Hall–Kier alpha value is -2.70. The Morgan fingerprint density at radius 3 is 2.27 bits per heavy atom. The lowest BCUT2D eigenvalue weighted by Crippen LogP contribution is -2.37. The third-order valence-corrected chi connectivity index (χ3v) is 3.12. The van der Waals surface area contributed by atoms with Crippen LogP contribution in [-0.4, -0.2) is 59.4 Å². The van der Waals surface area contributed by atoms with Crippen LogP contribution >= 0.6 is 0 Å². The predicted molar refractivity (Wildman–Crippen MR) is 80.1 cm³/mol. The molecule has 0 saturated carbocycles. The number of carbonyl (C=O) groups is 2. The highest BCUT2D eigenvalue weighted by molar-refractivity contribution is 5.96. The molecular formula is C15H18N4O3. The average molecular weight is 302 g/mol. The van der Waals surface area contributed by atoms with E-state index in [9.17, 15) is 9.59 Å². The summed E-state index contributed by atoms with van der Waals surface area (Å²) in [4.78, 5) is 30.9. The van der Waals surface area contributed by atoms with E-state index in [0.29, 0.717) is 17.3 Å². The highest BCUT2D eigenvalue weighted by Gasteiger charge is 2.16. The van der Waals surface area contributed by atoms with E-state index in [1.807, 2.05) is 0 Å². The monoisotopic (exact) mass is 302 g/mol. The van der Waals surface area contributed by atoms with Gasteiger partial charge in [-0.25, -0.2) is 0 Å². The van der Waals surface area contributed by atoms with Crippen molar-refractivity contribution in [3.63, 3.8) is 0 Å². The number of carbonyl (C=O) groups excluding carboxylic acids is 2. The maximum absolute atomic E-state index is 12.3. The van der Waals surface area contributed by atoms with E-state index in [0.717, 1.165) is 5.56 Å². The van der Waals surface area contributed by atoms with Gasteiger partial charge < -0.3 is 14.3 Å². The Morgan fingerprint density at radius 1 is 1.14 bits per heavy atom. The van der Waals surface area contributed by atoms with E-state index in [4.69, 9.17) is 4.52 Å². The zero-order valence-electron chi connectivity index (χ0n) is 13.0. The molecule has 2 amide bonds. The third kappa shape index (κ3) is 3.49. The molecule has 0 bridgehead atoms. The van der Waals surface area contributed by atoms with Gasteiger partial charge in [-0.1, -0.05) is 5.16 Å². The van der Waals surface area contributed by atoms with Gasteiger partial charge in [-0.15, -0.1) is 0 Å². The van der Waals surface area contributed by atoms with E-state index in [-0.39, 0.29) is 18.4 Å². The van der Waals surface area contributed by atoms with Gasteiger partial charge in [-0.2, -0.15) is 4.98 Å². The molecule has 7 heteroatoms. The molecule has 116 valence electrons. The zero-order chi connectivity index (χ0) is 16.3. The van der Waals surface area contributed by atoms with Crippen molar-refractivity contribution in [3.8, 4) is 11.5 Å². The fraction of sp³-hybridized carbons (Fsp3) is 0.333. The quantitative estimate of drug-likeness (QED) is 0.848. The molecule has 0 aliphatic heterocycles. The van der Waals surface area contributed by atoms with Crippen LogP contribution in [0, 0.1) is 6.92 Å². The van der Waals surface area contributed by atoms with E-state index in [1.165, 1.54) is 9.80 Å². The Kier molecular flexibility index (Phi) is 4.55. The number of amides is 2. The highest BCUT2D eigenvalue weighted by Crippen LogP contribution is 2.18. The van der Waals surface area contributed by atoms with Gasteiger partial charge >= 0.3 is 0 Å². The van der Waals surface area contributed by atoms with Crippen LogP contribution in [0.2, 0.25) is 0 Å². The minimum absolute atomic E-state index is 0.0381. The molecular weight excluding hydrogens is 284 g/mol. The van der Waals surface area contributed by atoms with Gasteiger partial charge in [0.25, 0.3) is 11.8 Å².